The van der Waals surface area contributed by atoms with E-state index in [1.165, 1.54) is 6.33 Å². The molecule has 2 aromatic rings. The van der Waals surface area contributed by atoms with Crippen molar-refractivity contribution in [2.75, 3.05) is 32.1 Å². The number of anilines is 1. The van der Waals surface area contributed by atoms with Crippen molar-refractivity contribution >= 4 is 11.7 Å². The highest BCUT2D eigenvalue weighted by Gasteiger charge is 2.17. The summed E-state index contributed by atoms with van der Waals surface area (Å²) in [5, 5.41) is 6.09. The summed E-state index contributed by atoms with van der Waals surface area (Å²) < 4.78 is 10.9. The molecule has 1 amide bonds. The van der Waals surface area contributed by atoms with Crippen molar-refractivity contribution in [2.45, 2.75) is 25.4 Å². The van der Waals surface area contributed by atoms with E-state index in [0.717, 1.165) is 37.2 Å². The van der Waals surface area contributed by atoms with Crippen molar-refractivity contribution < 1.29 is 14.3 Å². The predicted octanol–water partition coefficient (Wildman–Crippen LogP) is 2.05. The van der Waals surface area contributed by atoms with Crippen LogP contribution in [0.25, 0.3) is 0 Å². The van der Waals surface area contributed by atoms with Crippen LogP contribution < -0.4 is 15.4 Å². The molecule has 0 aliphatic carbocycles. The van der Waals surface area contributed by atoms with Gasteiger partial charge in [0.25, 0.3) is 5.91 Å². The lowest BCUT2D eigenvalue weighted by atomic mass is 10.1. The van der Waals surface area contributed by atoms with E-state index < -0.39 is 0 Å². The molecule has 1 atom stereocenters. The summed E-state index contributed by atoms with van der Waals surface area (Å²) in [6.07, 6.45) is 4.33. The molecule has 1 unspecified atom stereocenters. The fourth-order valence-corrected chi connectivity index (χ4v) is 2.92. The van der Waals surface area contributed by atoms with Crippen LogP contribution in [0.5, 0.6) is 5.75 Å². The Hall–Kier alpha value is -2.67. The van der Waals surface area contributed by atoms with Gasteiger partial charge < -0.3 is 20.1 Å². The van der Waals surface area contributed by atoms with Gasteiger partial charge in [0, 0.05) is 25.8 Å². The van der Waals surface area contributed by atoms with E-state index in [4.69, 9.17) is 9.47 Å². The Bertz CT molecular complexity index is 732. The second-order valence-electron chi connectivity index (χ2n) is 6.12. The fraction of sp³-hybridized carbons (Fsp3) is 0.421. The number of hydrogen-bond donors (Lipinski definition) is 2. The number of benzene rings is 1. The van der Waals surface area contributed by atoms with Crippen molar-refractivity contribution in [3.8, 4) is 5.75 Å². The molecule has 7 nitrogen and oxygen atoms in total. The van der Waals surface area contributed by atoms with Crippen LogP contribution in [0.1, 0.15) is 28.9 Å². The van der Waals surface area contributed by atoms with E-state index in [1.807, 2.05) is 24.3 Å². The van der Waals surface area contributed by atoms with Crippen molar-refractivity contribution in [3.05, 3.63) is 47.9 Å². The Morgan fingerprint density at radius 2 is 2.23 bits per heavy atom. The van der Waals surface area contributed by atoms with E-state index >= 15 is 0 Å². The number of hydrogen-bond acceptors (Lipinski definition) is 6. The summed E-state index contributed by atoms with van der Waals surface area (Å²) in [6, 6.07) is 9.56. The molecule has 26 heavy (non-hydrogen) atoms. The maximum absolute atomic E-state index is 12.2. The molecule has 0 saturated carbocycles. The first kappa shape index (κ1) is 18.1. The number of ether oxygens (including phenoxy) is 2. The highest BCUT2D eigenvalue weighted by Crippen LogP contribution is 2.17. The van der Waals surface area contributed by atoms with Crippen molar-refractivity contribution in [1.29, 1.82) is 0 Å². The molecule has 2 N–H and O–H groups in total. The highest BCUT2D eigenvalue weighted by molar-refractivity contribution is 5.92. The molecule has 2 heterocycles. The van der Waals surface area contributed by atoms with Crippen molar-refractivity contribution in [3.63, 3.8) is 0 Å². The van der Waals surface area contributed by atoms with Crippen molar-refractivity contribution in [2.24, 2.45) is 0 Å². The predicted molar refractivity (Wildman–Crippen MR) is 98.5 cm³/mol. The number of carbonyl (C=O) groups is 1. The third-order valence-corrected chi connectivity index (χ3v) is 4.31. The van der Waals surface area contributed by atoms with E-state index in [-0.39, 0.29) is 12.0 Å². The van der Waals surface area contributed by atoms with Gasteiger partial charge in [0.1, 0.15) is 23.6 Å². The van der Waals surface area contributed by atoms with E-state index in [2.05, 4.69) is 20.6 Å². The maximum Gasteiger partial charge on any atom is 0.270 e. The van der Waals surface area contributed by atoms with Crippen LogP contribution in [-0.4, -0.2) is 48.8 Å². The summed E-state index contributed by atoms with van der Waals surface area (Å²) in [6.45, 7) is 1.96. The zero-order valence-corrected chi connectivity index (χ0v) is 14.9. The number of rotatable bonds is 8. The minimum Gasteiger partial charge on any atom is -0.496 e. The van der Waals surface area contributed by atoms with Crippen LogP contribution >= 0.6 is 0 Å². The van der Waals surface area contributed by atoms with E-state index in [1.54, 1.807) is 13.2 Å². The molecule has 1 saturated heterocycles. The van der Waals surface area contributed by atoms with Gasteiger partial charge in [0.2, 0.25) is 0 Å². The van der Waals surface area contributed by atoms with Gasteiger partial charge in [0.05, 0.1) is 13.2 Å². The van der Waals surface area contributed by atoms with Gasteiger partial charge in [-0.25, -0.2) is 9.97 Å². The molecule has 138 valence electrons. The zero-order valence-electron chi connectivity index (χ0n) is 14.9. The van der Waals surface area contributed by atoms with Crippen LogP contribution in [0.15, 0.2) is 36.7 Å². The molecular weight excluding hydrogens is 332 g/mol. The quantitative estimate of drug-likeness (QED) is 0.753. The number of carbonyl (C=O) groups excluding carboxylic acids is 1. The smallest absolute Gasteiger partial charge is 0.270 e. The Morgan fingerprint density at radius 1 is 1.35 bits per heavy atom. The molecule has 7 heteroatoms. The van der Waals surface area contributed by atoms with Crippen LogP contribution in [0.4, 0.5) is 5.82 Å². The average molecular weight is 356 g/mol. The number of aromatic nitrogens is 2. The molecule has 1 aromatic carbocycles. The first-order chi connectivity index (χ1) is 12.8. The van der Waals surface area contributed by atoms with Crippen molar-refractivity contribution in [1.82, 2.24) is 15.3 Å². The first-order valence-corrected chi connectivity index (χ1v) is 8.84. The standard InChI is InChI=1S/C19H24N4O3/c1-25-17-7-3-2-5-14(17)8-9-20-18-11-16(22-13-23-18)19(24)21-12-15-6-4-10-26-15/h2-3,5,7,11,13,15H,4,6,8-10,12H2,1H3,(H,21,24)(H,20,22,23). The Labute approximate surface area is 153 Å². The largest absolute Gasteiger partial charge is 0.496 e. The Kier molecular flexibility index (Phi) is 6.38. The lowest BCUT2D eigenvalue weighted by Gasteiger charge is -2.11. The van der Waals surface area contributed by atoms with E-state index in [0.29, 0.717) is 24.6 Å². The van der Waals surface area contributed by atoms with Gasteiger partial charge in [-0.1, -0.05) is 18.2 Å². The van der Waals surface area contributed by atoms with Gasteiger partial charge in [-0.2, -0.15) is 0 Å². The van der Waals surface area contributed by atoms with Crippen LogP contribution in [0.3, 0.4) is 0 Å². The number of nitrogens with zero attached hydrogens (tertiary/aromatic N) is 2. The molecule has 0 bridgehead atoms. The summed E-state index contributed by atoms with van der Waals surface area (Å²) in [5.41, 5.74) is 1.46. The molecule has 0 spiro atoms. The summed E-state index contributed by atoms with van der Waals surface area (Å²) in [7, 11) is 1.66. The van der Waals surface area contributed by atoms with Gasteiger partial charge in [-0.3, -0.25) is 4.79 Å². The molecule has 1 aliphatic rings. The third-order valence-electron chi connectivity index (χ3n) is 4.31. The minimum atomic E-state index is -0.212. The van der Waals surface area contributed by atoms with Gasteiger partial charge in [-0.15, -0.1) is 0 Å². The highest BCUT2D eigenvalue weighted by atomic mass is 16.5. The molecule has 1 fully saturated rings. The Morgan fingerprint density at radius 3 is 3.04 bits per heavy atom. The molecule has 1 aliphatic heterocycles. The van der Waals surface area contributed by atoms with Gasteiger partial charge in [0.15, 0.2) is 0 Å². The molecular formula is C19H24N4O3. The number of para-hydroxylation sites is 1. The average Bonchev–Trinajstić information content (AvgIpc) is 3.20. The molecule has 1 aromatic heterocycles. The number of amides is 1. The second-order valence-corrected chi connectivity index (χ2v) is 6.12. The lowest BCUT2D eigenvalue weighted by molar-refractivity contribution is 0.0853. The normalized spacial score (nSPS) is 16.3. The summed E-state index contributed by atoms with van der Waals surface area (Å²) >= 11 is 0. The topological polar surface area (TPSA) is 85.4 Å². The Balaban J connectivity index is 1.51. The van der Waals surface area contributed by atoms with Crippen LogP contribution in [-0.2, 0) is 11.2 Å². The first-order valence-electron chi connectivity index (χ1n) is 8.84. The minimum absolute atomic E-state index is 0.110. The SMILES string of the molecule is COc1ccccc1CCNc1cc(C(=O)NCC2CCCO2)ncn1. The monoisotopic (exact) mass is 356 g/mol. The van der Waals surface area contributed by atoms with Crippen LogP contribution in [0, 0.1) is 0 Å². The second kappa shape index (κ2) is 9.15. The molecule has 0 radical (unpaired) electrons. The maximum atomic E-state index is 12.2. The zero-order chi connectivity index (χ0) is 18.2. The number of methoxy groups -OCH3 is 1. The summed E-state index contributed by atoms with van der Waals surface area (Å²) in [4.78, 5) is 20.5. The van der Waals surface area contributed by atoms with Crippen LogP contribution in [0.2, 0.25) is 0 Å². The fourth-order valence-electron chi connectivity index (χ4n) is 2.92. The van der Waals surface area contributed by atoms with E-state index in [9.17, 15) is 4.79 Å². The summed E-state index contributed by atoms with van der Waals surface area (Å²) in [5.74, 6) is 1.28. The van der Waals surface area contributed by atoms with Gasteiger partial charge in [-0.05, 0) is 30.9 Å². The third kappa shape index (κ3) is 4.92. The molecule has 3 rings (SSSR count). The number of nitrogens with one attached hydrogen (secondary N) is 2. The lowest BCUT2D eigenvalue weighted by Crippen LogP contribution is -2.32. The van der Waals surface area contributed by atoms with Gasteiger partial charge >= 0.3 is 0 Å².